The number of rotatable bonds is 12. The molecule has 1 amide bonds. The molecule has 3 aromatic carbocycles. The normalized spacial score (nSPS) is 11.6. The molecule has 0 saturated heterocycles. The van der Waals surface area contributed by atoms with Gasteiger partial charge in [0, 0.05) is 47.0 Å². The summed E-state index contributed by atoms with van der Waals surface area (Å²) in [7, 11) is 1.77. The predicted octanol–water partition coefficient (Wildman–Crippen LogP) is 5.14. The van der Waals surface area contributed by atoms with Crippen LogP contribution in [-0.2, 0) is 26.1 Å². The van der Waals surface area contributed by atoms with Gasteiger partial charge in [-0.15, -0.1) is 0 Å². The number of benzene rings is 3. The number of ketones is 1. The molecular formula is C36H35N5O6. The smallest absolute Gasteiger partial charge is 0.326 e. The molecule has 240 valence electrons. The molecule has 0 radical (unpaired) electrons. The zero-order valence-corrected chi connectivity index (χ0v) is 26.4. The van der Waals surface area contributed by atoms with Gasteiger partial charge in [0.05, 0.1) is 42.1 Å². The number of para-hydroxylation sites is 1. The largest absolute Gasteiger partial charge is 0.466 e. The van der Waals surface area contributed by atoms with Crippen molar-refractivity contribution < 1.29 is 28.7 Å². The van der Waals surface area contributed by atoms with Crippen molar-refractivity contribution in [2.45, 2.75) is 26.2 Å². The van der Waals surface area contributed by atoms with E-state index in [9.17, 15) is 19.2 Å². The predicted molar refractivity (Wildman–Crippen MR) is 179 cm³/mol. The van der Waals surface area contributed by atoms with Gasteiger partial charge in [-0.1, -0.05) is 48.5 Å². The maximum atomic E-state index is 14.2. The number of Topliss-reactive ketones (excluding diaryl/α,β-unsaturated/α-hetero) is 1. The van der Waals surface area contributed by atoms with Crippen LogP contribution in [0.5, 0.6) is 0 Å². The number of pyridine rings is 1. The monoisotopic (exact) mass is 633 g/mol. The van der Waals surface area contributed by atoms with Crippen molar-refractivity contribution in [3.63, 3.8) is 0 Å². The quantitative estimate of drug-likeness (QED) is 0.0828. The molecule has 0 bridgehead atoms. The van der Waals surface area contributed by atoms with Gasteiger partial charge >= 0.3 is 11.9 Å². The Morgan fingerprint density at radius 2 is 1.62 bits per heavy atom. The number of nitrogen functional groups attached to an aromatic ring is 1. The molecule has 0 fully saturated rings. The Hall–Kier alpha value is -5.84. The van der Waals surface area contributed by atoms with Crippen molar-refractivity contribution in [3.05, 3.63) is 107 Å². The van der Waals surface area contributed by atoms with Crippen LogP contribution in [0.2, 0.25) is 0 Å². The lowest BCUT2D eigenvalue weighted by molar-refractivity contribution is -0.143. The van der Waals surface area contributed by atoms with E-state index in [2.05, 4.69) is 4.98 Å². The van der Waals surface area contributed by atoms with Gasteiger partial charge in [-0.05, 0) is 43.7 Å². The molecule has 3 N–H and O–H groups in total. The van der Waals surface area contributed by atoms with E-state index in [1.54, 1.807) is 98.5 Å². The van der Waals surface area contributed by atoms with Gasteiger partial charge in [0.2, 0.25) is 0 Å². The summed E-state index contributed by atoms with van der Waals surface area (Å²) >= 11 is 0. The Balaban J connectivity index is 1.56. The van der Waals surface area contributed by atoms with Crippen molar-refractivity contribution in [2.75, 3.05) is 24.7 Å². The van der Waals surface area contributed by atoms with Gasteiger partial charge in [-0.25, -0.2) is 0 Å². The summed E-state index contributed by atoms with van der Waals surface area (Å²) in [5, 5.41) is 9.07. The van der Waals surface area contributed by atoms with E-state index in [4.69, 9.17) is 20.6 Å². The third-order valence-electron chi connectivity index (χ3n) is 7.87. The molecule has 0 saturated carbocycles. The minimum absolute atomic E-state index is 0.109. The SMILES string of the molecule is CCOC(=O)CC(C(=O)c1cn(C)c2cc(N(CC(=O)OCC)C(=O)c3cccc4cccnc34)ccc12)c1ccc(C(=N)N)cc1. The van der Waals surface area contributed by atoms with Crippen molar-refractivity contribution >= 4 is 57.0 Å². The highest BCUT2D eigenvalue weighted by molar-refractivity contribution is 6.16. The van der Waals surface area contributed by atoms with E-state index < -0.39 is 23.8 Å². The number of aryl methyl sites for hydroxylation is 1. The van der Waals surface area contributed by atoms with Crippen LogP contribution >= 0.6 is 0 Å². The first-order valence-corrected chi connectivity index (χ1v) is 15.2. The molecule has 5 rings (SSSR count). The summed E-state index contributed by atoms with van der Waals surface area (Å²) in [5.74, 6) is -2.79. The Morgan fingerprint density at radius 1 is 0.915 bits per heavy atom. The van der Waals surface area contributed by atoms with Gasteiger partial charge in [0.25, 0.3) is 5.91 Å². The summed E-state index contributed by atoms with van der Waals surface area (Å²) in [4.78, 5) is 59.3. The summed E-state index contributed by atoms with van der Waals surface area (Å²) in [5.41, 5.74) is 8.95. The number of carbonyl (C=O) groups excluding carboxylic acids is 4. The number of nitrogens with one attached hydrogen (secondary N) is 1. The summed E-state index contributed by atoms with van der Waals surface area (Å²) in [6.07, 6.45) is 3.11. The molecule has 0 spiro atoms. The fraction of sp³-hybridized carbons (Fsp3) is 0.222. The second-order valence-corrected chi connectivity index (χ2v) is 10.9. The molecule has 2 aromatic heterocycles. The number of esters is 2. The van der Waals surface area contributed by atoms with Crippen LogP contribution in [0, 0.1) is 5.41 Å². The average Bonchev–Trinajstić information content (AvgIpc) is 3.41. The number of nitrogens with two attached hydrogens (primary N) is 1. The highest BCUT2D eigenvalue weighted by Crippen LogP contribution is 2.33. The van der Waals surface area contributed by atoms with E-state index in [-0.39, 0.29) is 37.8 Å². The molecule has 1 unspecified atom stereocenters. The standard InChI is InChI=1S/C36H35N5O6/c1-4-46-31(42)19-28(22-11-13-24(14-12-22)35(37)38)34(44)29-20-40(3)30-18-25(15-16-26(29)30)41(21-32(43)47-5-2)36(45)27-10-6-8-23-9-7-17-39-33(23)27/h6-18,20,28H,4-5,19,21H2,1-3H3,(H3,37,38). The molecule has 1 atom stereocenters. The Bertz CT molecular complexity index is 1990. The van der Waals surface area contributed by atoms with E-state index in [0.717, 1.165) is 5.39 Å². The van der Waals surface area contributed by atoms with Crippen LogP contribution in [0.1, 0.15) is 58.0 Å². The van der Waals surface area contributed by atoms with Crippen LogP contribution in [0.25, 0.3) is 21.8 Å². The van der Waals surface area contributed by atoms with Gasteiger partial charge < -0.3 is 19.8 Å². The number of hydrogen-bond donors (Lipinski definition) is 2. The van der Waals surface area contributed by atoms with Crippen LogP contribution in [0.15, 0.2) is 85.2 Å². The van der Waals surface area contributed by atoms with Gasteiger partial charge in [0.15, 0.2) is 5.78 Å². The highest BCUT2D eigenvalue weighted by atomic mass is 16.5. The fourth-order valence-corrected chi connectivity index (χ4v) is 5.61. The maximum Gasteiger partial charge on any atom is 0.326 e. The first kappa shape index (κ1) is 32.6. The number of anilines is 1. The van der Waals surface area contributed by atoms with Crippen molar-refractivity contribution in [1.82, 2.24) is 9.55 Å². The lowest BCUT2D eigenvalue weighted by Gasteiger charge is -2.23. The van der Waals surface area contributed by atoms with E-state index >= 15 is 0 Å². The number of nitrogens with zero attached hydrogens (tertiary/aromatic N) is 3. The number of hydrogen-bond acceptors (Lipinski definition) is 8. The lowest BCUT2D eigenvalue weighted by atomic mass is 9.87. The number of aromatic nitrogens is 2. The first-order chi connectivity index (χ1) is 22.6. The number of amidine groups is 1. The topological polar surface area (TPSA) is 158 Å². The molecule has 0 aliphatic heterocycles. The molecule has 0 aliphatic carbocycles. The van der Waals surface area contributed by atoms with E-state index in [1.165, 1.54) is 4.90 Å². The Labute approximate surface area is 271 Å². The van der Waals surface area contributed by atoms with Crippen LogP contribution < -0.4 is 10.6 Å². The maximum absolute atomic E-state index is 14.2. The Morgan fingerprint density at radius 3 is 2.32 bits per heavy atom. The zero-order chi connectivity index (χ0) is 33.7. The van der Waals surface area contributed by atoms with Crippen molar-refractivity contribution in [1.29, 1.82) is 5.41 Å². The highest BCUT2D eigenvalue weighted by Gasteiger charge is 2.29. The van der Waals surface area contributed by atoms with Gasteiger partial charge in [-0.2, -0.15) is 0 Å². The first-order valence-electron chi connectivity index (χ1n) is 15.2. The third kappa shape index (κ3) is 6.89. The summed E-state index contributed by atoms with van der Waals surface area (Å²) in [6, 6.07) is 20.7. The van der Waals surface area contributed by atoms with Gasteiger partial charge in [0.1, 0.15) is 12.4 Å². The number of ether oxygens (including phenoxy) is 2. The average molecular weight is 634 g/mol. The molecular weight excluding hydrogens is 598 g/mol. The zero-order valence-electron chi connectivity index (χ0n) is 26.4. The number of fused-ring (bicyclic) bond motifs is 2. The van der Waals surface area contributed by atoms with E-state index in [0.29, 0.717) is 44.4 Å². The fourth-order valence-electron chi connectivity index (χ4n) is 5.61. The molecule has 0 aliphatic rings. The van der Waals surface area contributed by atoms with Crippen molar-refractivity contribution in [2.24, 2.45) is 12.8 Å². The van der Waals surface area contributed by atoms with Crippen molar-refractivity contribution in [3.8, 4) is 0 Å². The molecule has 11 heteroatoms. The molecule has 2 heterocycles. The molecule has 11 nitrogen and oxygen atoms in total. The molecule has 47 heavy (non-hydrogen) atoms. The van der Waals surface area contributed by atoms with Gasteiger partial charge in [-0.3, -0.25) is 34.5 Å². The number of amides is 1. The third-order valence-corrected chi connectivity index (χ3v) is 7.87. The van der Waals surface area contributed by atoms with Crippen LogP contribution in [-0.4, -0.2) is 58.8 Å². The minimum Gasteiger partial charge on any atom is -0.466 e. The van der Waals surface area contributed by atoms with Crippen LogP contribution in [0.4, 0.5) is 5.69 Å². The molecule has 5 aromatic rings. The van der Waals surface area contributed by atoms with E-state index in [1.807, 2.05) is 12.1 Å². The Kier molecular flexibility index (Phi) is 9.74. The van der Waals surface area contributed by atoms with Crippen LogP contribution in [0.3, 0.4) is 0 Å². The second kappa shape index (κ2) is 14.1. The minimum atomic E-state index is -0.860. The summed E-state index contributed by atoms with van der Waals surface area (Å²) < 4.78 is 12.1. The second-order valence-electron chi connectivity index (χ2n) is 10.9. The number of carbonyl (C=O) groups is 4. The lowest BCUT2D eigenvalue weighted by Crippen LogP contribution is -2.36. The summed E-state index contributed by atoms with van der Waals surface area (Å²) in [6.45, 7) is 3.39.